The van der Waals surface area contributed by atoms with Crippen molar-refractivity contribution in [2.24, 2.45) is 0 Å². The molecule has 0 saturated carbocycles. The monoisotopic (exact) mass is 239 g/mol. The van der Waals surface area contributed by atoms with Gasteiger partial charge in [0.15, 0.2) is 0 Å². The Balaban J connectivity index is 2.07. The van der Waals surface area contributed by atoms with Gasteiger partial charge in [-0.2, -0.15) is 10.2 Å². The summed E-state index contributed by atoms with van der Waals surface area (Å²) in [6.45, 7) is 5.33. The Labute approximate surface area is 98.8 Å². The summed E-state index contributed by atoms with van der Waals surface area (Å²) in [5, 5.41) is 9.19. The SMILES string of the molecule is Cc1nn(CCn2cc(N)cn2)c(C)c1Cl. The fourth-order valence-corrected chi connectivity index (χ4v) is 1.73. The molecule has 86 valence electrons. The minimum atomic E-state index is 0.673. The van der Waals surface area contributed by atoms with Gasteiger partial charge in [0.25, 0.3) is 0 Å². The number of anilines is 1. The topological polar surface area (TPSA) is 61.7 Å². The van der Waals surface area contributed by atoms with Crippen molar-refractivity contribution in [2.45, 2.75) is 26.9 Å². The molecule has 16 heavy (non-hydrogen) atoms. The number of rotatable bonds is 3. The molecule has 0 atom stereocenters. The van der Waals surface area contributed by atoms with E-state index in [1.165, 1.54) is 0 Å². The highest BCUT2D eigenvalue weighted by Crippen LogP contribution is 2.18. The molecule has 2 heterocycles. The largest absolute Gasteiger partial charge is 0.396 e. The molecule has 5 nitrogen and oxygen atoms in total. The van der Waals surface area contributed by atoms with Gasteiger partial charge in [-0.15, -0.1) is 0 Å². The lowest BCUT2D eigenvalue weighted by Crippen LogP contribution is -2.10. The smallest absolute Gasteiger partial charge is 0.0844 e. The van der Waals surface area contributed by atoms with Gasteiger partial charge >= 0.3 is 0 Å². The van der Waals surface area contributed by atoms with Crippen LogP contribution in [0, 0.1) is 13.8 Å². The fraction of sp³-hybridized carbons (Fsp3) is 0.400. The first-order chi connectivity index (χ1) is 7.58. The third-order valence-corrected chi connectivity index (χ3v) is 3.03. The molecular formula is C10H14ClN5. The second kappa shape index (κ2) is 4.17. The molecule has 6 heteroatoms. The number of hydrogen-bond donors (Lipinski definition) is 1. The third-order valence-electron chi connectivity index (χ3n) is 2.49. The molecule has 0 amide bonds. The van der Waals surface area contributed by atoms with Crippen LogP contribution >= 0.6 is 11.6 Å². The van der Waals surface area contributed by atoms with E-state index in [4.69, 9.17) is 17.3 Å². The van der Waals surface area contributed by atoms with Crippen LogP contribution in [0.5, 0.6) is 0 Å². The molecule has 0 spiro atoms. The van der Waals surface area contributed by atoms with Gasteiger partial charge in [-0.3, -0.25) is 9.36 Å². The van der Waals surface area contributed by atoms with Gasteiger partial charge in [0.2, 0.25) is 0 Å². The minimum absolute atomic E-state index is 0.673. The van der Waals surface area contributed by atoms with E-state index in [9.17, 15) is 0 Å². The second-order valence-electron chi connectivity index (χ2n) is 3.74. The van der Waals surface area contributed by atoms with E-state index in [0.29, 0.717) is 5.69 Å². The van der Waals surface area contributed by atoms with Crippen LogP contribution in [0.2, 0.25) is 5.02 Å². The normalized spacial score (nSPS) is 10.9. The summed E-state index contributed by atoms with van der Waals surface area (Å²) in [5.74, 6) is 0. The molecule has 0 saturated heterocycles. The van der Waals surface area contributed by atoms with E-state index < -0.39 is 0 Å². The lowest BCUT2D eigenvalue weighted by Gasteiger charge is -2.04. The Kier molecular flexibility index (Phi) is 2.87. The molecule has 2 rings (SSSR count). The summed E-state index contributed by atoms with van der Waals surface area (Å²) in [5.41, 5.74) is 8.10. The van der Waals surface area contributed by atoms with Crippen molar-refractivity contribution in [3.8, 4) is 0 Å². The van der Waals surface area contributed by atoms with Crippen LogP contribution in [-0.4, -0.2) is 19.6 Å². The molecule has 0 bridgehead atoms. The molecule has 0 radical (unpaired) electrons. The number of aryl methyl sites for hydroxylation is 3. The van der Waals surface area contributed by atoms with Crippen molar-refractivity contribution in [3.05, 3.63) is 28.8 Å². The number of aromatic nitrogens is 4. The molecule has 2 N–H and O–H groups in total. The molecule has 0 unspecified atom stereocenters. The molecule has 0 fully saturated rings. The van der Waals surface area contributed by atoms with Crippen LogP contribution in [0.3, 0.4) is 0 Å². The summed E-state index contributed by atoms with van der Waals surface area (Å²) in [6.07, 6.45) is 3.43. The van der Waals surface area contributed by atoms with Crippen molar-refractivity contribution in [1.82, 2.24) is 19.6 Å². The van der Waals surface area contributed by atoms with E-state index in [0.717, 1.165) is 29.5 Å². The van der Waals surface area contributed by atoms with Gasteiger partial charge in [-0.25, -0.2) is 0 Å². The number of nitrogens with zero attached hydrogens (tertiary/aromatic N) is 4. The zero-order valence-electron chi connectivity index (χ0n) is 9.31. The summed E-state index contributed by atoms with van der Waals surface area (Å²) >= 11 is 6.06. The highest BCUT2D eigenvalue weighted by atomic mass is 35.5. The lowest BCUT2D eigenvalue weighted by atomic mass is 10.4. The maximum absolute atomic E-state index is 6.06. The zero-order valence-corrected chi connectivity index (χ0v) is 10.1. The van der Waals surface area contributed by atoms with Crippen LogP contribution in [0.25, 0.3) is 0 Å². The van der Waals surface area contributed by atoms with E-state index >= 15 is 0 Å². The maximum Gasteiger partial charge on any atom is 0.0844 e. The molecular weight excluding hydrogens is 226 g/mol. The summed E-state index contributed by atoms with van der Waals surface area (Å²) < 4.78 is 3.68. The zero-order chi connectivity index (χ0) is 11.7. The Morgan fingerprint density at radius 2 is 2.12 bits per heavy atom. The highest BCUT2D eigenvalue weighted by molar-refractivity contribution is 6.31. The predicted molar refractivity (Wildman–Crippen MR) is 63.4 cm³/mol. The van der Waals surface area contributed by atoms with Crippen LogP contribution in [-0.2, 0) is 13.1 Å². The first-order valence-corrected chi connectivity index (χ1v) is 5.43. The minimum Gasteiger partial charge on any atom is -0.396 e. The van der Waals surface area contributed by atoms with Crippen LogP contribution in [0.4, 0.5) is 5.69 Å². The van der Waals surface area contributed by atoms with Gasteiger partial charge in [0.1, 0.15) is 0 Å². The van der Waals surface area contributed by atoms with Gasteiger partial charge in [-0.1, -0.05) is 11.6 Å². The molecule has 2 aromatic heterocycles. The average molecular weight is 240 g/mol. The average Bonchev–Trinajstić information content (AvgIpc) is 2.76. The molecule has 0 aliphatic carbocycles. The van der Waals surface area contributed by atoms with Crippen molar-refractivity contribution >= 4 is 17.3 Å². The fourth-order valence-electron chi connectivity index (χ4n) is 1.59. The number of nitrogen functional groups attached to an aromatic ring is 1. The highest BCUT2D eigenvalue weighted by Gasteiger charge is 2.08. The Hall–Kier alpha value is -1.49. The van der Waals surface area contributed by atoms with Gasteiger partial charge in [0.05, 0.1) is 41.4 Å². The van der Waals surface area contributed by atoms with Gasteiger partial charge in [0, 0.05) is 6.20 Å². The van der Waals surface area contributed by atoms with Crippen LogP contribution < -0.4 is 5.73 Å². The lowest BCUT2D eigenvalue weighted by molar-refractivity contribution is 0.491. The van der Waals surface area contributed by atoms with Gasteiger partial charge in [-0.05, 0) is 13.8 Å². The summed E-state index contributed by atoms with van der Waals surface area (Å²) in [7, 11) is 0. The van der Waals surface area contributed by atoms with E-state index in [1.54, 1.807) is 17.1 Å². The number of halogens is 1. The quantitative estimate of drug-likeness (QED) is 0.886. The number of hydrogen-bond acceptors (Lipinski definition) is 3. The van der Waals surface area contributed by atoms with Crippen molar-refractivity contribution < 1.29 is 0 Å². The van der Waals surface area contributed by atoms with Crippen molar-refractivity contribution in [2.75, 3.05) is 5.73 Å². The predicted octanol–water partition coefficient (Wildman–Crippen LogP) is 1.63. The van der Waals surface area contributed by atoms with E-state index in [2.05, 4.69) is 10.2 Å². The Bertz CT molecular complexity index is 499. The van der Waals surface area contributed by atoms with Gasteiger partial charge < -0.3 is 5.73 Å². The van der Waals surface area contributed by atoms with E-state index in [-0.39, 0.29) is 0 Å². The Morgan fingerprint density at radius 1 is 1.38 bits per heavy atom. The molecule has 0 aliphatic heterocycles. The van der Waals surface area contributed by atoms with Crippen molar-refractivity contribution in [3.63, 3.8) is 0 Å². The molecule has 2 aromatic rings. The maximum atomic E-state index is 6.06. The standard InChI is InChI=1S/C10H14ClN5/c1-7-10(11)8(2)16(14-7)4-3-15-6-9(12)5-13-15/h5-6H,3-4,12H2,1-2H3. The van der Waals surface area contributed by atoms with Crippen LogP contribution in [0.15, 0.2) is 12.4 Å². The first kappa shape index (κ1) is 11.0. The Morgan fingerprint density at radius 3 is 2.62 bits per heavy atom. The molecule has 0 aliphatic rings. The molecule has 0 aromatic carbocycles. The summed E-state index contributed by atoms with van der Waals surface area (Å²) in [6, 6.07) is 0. The second-order valence-corrected chi connectivity index (χ2v) is 4.12. The van der Waals surface area contributed by atoms with Crippen LogP contribution in [0.1, 0.15) is 11.4 Å². The third kappa shape index (κ3) is 2.04. The number of nitrogens with two attached hydrogens (primary N) is 1. The first-order valence-electron chi connectivity index (χ1n) is 5.05. The van der Waals surface area contributed by atoms with Crippen molar-refractivity contribution in [1.29, 1.82) is 0 Å². The summed E-state index contributed by atoms with van der Waals surface area (Å²) in [4.78, 5) is 0. The van der Waals surface area contributed by atoms with E-state index in [1.807, 2.05) is 18.5 Å².